The highest BCUT2D eigenvalue weighted by Crippen LogP contribution is 2.23. The molecule has 0 fully saturated rings. The molecule has 2 rings (SSSR count). The Morgan fingerprint density at radius 1 is 1.25 bits per heavy atom. The second kappa shape index (κ2) is 5.15. The molecular formula is C14H19NO. The summed E-state index contributed by atoms with van der Waals surface area (Å²) in [7, 11) is 0. The van der Waals surface area contributed by atoms with Gasteiger partial charge in [-0.1, -0.05) is 30.6 Å². The molecule has 1 aliphatic carbocycles. The van der Waals surface area contributed by atoms with Crippen molar-refractivity contribution in [1.29, 1.82) is 0 Å². The van der Waals surface area contributed by atoms with E-state index in [4.69, 9.17) is 5.21 Å². The van der Waals surface area contributed by atoms with Gasteiger partial charge >= 0.3 is 0 Å². The summed E-state index contributed by atoms with van der Waals surface area (Å²) in [5, 5.41) is 12.4. The molecule has 1 aliphatic rings. The van der Waals surface area contributed by atoms with Crippen LogP contribution in [0.3, 0.4) is 0 Å². The van der Waals surface area contributed by atoms with Crippen LogP contribution in [-0.4, -0.2) is 10.9 Å². The average Bonchev–Trinajstić information content (AvgIpc) is 2.35. The molecule has 0 saturated heterocycles. The van der Waals surface area contributed by atoms with Crippen molar-refractivity contribution in [2.24, 2.45) is 5.16 Å². The molecule has 2 heteroatoms. The lowest BCUT2D eigenvalue weighted by Gasteiger charge is -2.16. The van der Waals surface area contributed by atoms with Crippen molar-refractivity contribution in [3.05, 3.63) is 34.9 Å². The molecule has 86 valence electrons. The van der Waals surface area contributed by atoms with E-state index in [-0.39, 0.29) is 0 Å². The molecule has 1 N–H and O–H groups in total. The monoisotopic (exact) mass is 217 g/mol. The Hall–Kier alpha value is -1.31. The number of hydrogen-bond acceptors (Lipinski definition) is 2. The first-order chi connectivity index (χ1) is 7.85. The second-order valence-electron chi connectivity index (χ2n) is 4.49. The summed E-state index contributed by atoms with van der Waals surface area (Å²) in [5.41, 5.74) is 4.82. The first kappa shape index (κ1) is 11.2. The Kier molecular flexibility index (Phi) is 3.60. The van der Waals surface area contributed by atoms with E-state index in [0.717, 1.165) is 24.1 Å². The predicted molar refractivity (Wildman–Crippen MR) is 66.3 cm³/mol. The van der Waals surface area contributed by atoms with Crippen LogP contribution >= 0.6 is 0 Å². The summed E-state index contributed by atoms with van der Waals surface area (Å²) in [6.45, 7) is 2.10. The Balaban J connectivity index is 2.28. The molecule has 0 aliphatic heterocycles. The van der Waals surface area contributed by atoms with Crippen LogP contribution in [0.4, 0.5) is 0 Å². The molecule has 16 heavy (non-hydrogen) atoms. The molecule has 0 heterocycles. The Morgan fingerprint density at radius 3 is 2.69 bits per heavy atom. The third-order valence-corrected chi connectivity index (χ3v) is 3.29. The largest absolute Gasteiger partial charge is 0.411 e. The minimum atomic E-state index is 0.816. The maximum absolute atomic E-state index is 9.00. The van der Waals surface area contributed by atoms with Gasteiger partial charge in [0.2, 0.25) is 0 Å². The lowest BCUT2D eigenvalue weighted by Crippen LogP contribution is -2.06. The van der Waals surface area contributed by atoms with E-state index in [2.05, 4.69) is 30.3 Å². The first-order valence-electron chi connectivity index (χ1n) is 6.18. The van der Waals surface area contributed by atoms with E-state index >= 15 is 0 Å². The highest BCUT2D eigenvalue weighted by molar-refractivity contribution is 6.00. The van der Waals surface area contributed by atoms with Gasteiger partial charge in [0.1, 0.15) is 0 Å². The molecule has 0 atom stereocenters. The molecule has 2 nitrogen and oxygen atoms in total. The molecule has 0 unspecified atom stereocenters. The Labute approximate surface area is 97.0 Å². The van der Waals surface area contributed by atoms with Crippen LogP contribution in [0, 0.1) is 0 Å². The van der Waals surface area contributed by atoms with Crippen molar-refractivity contribution in [1.82, 2.24) is 0 Å². The van der Waals surface area contributed by atoms with E-state index in [1.807, 2.05) is 0 Å². The fourth-order valence-electron chi connectivity index (χ4n) is 2.40. The highest BCUT2D eigenvalue weighted by atomic mass is 16.4. The van der Waals surface area contributed by atoms with Crippen molar-refractivity contribution < 1.29 is 5.21 Å². The van der Waals surface area contributed by atoms with Gasteiger partial charge in [-0.2, -0.15) is 0 Å². The van der Waals surface area contributed by atoms with Crippen molar-refractivity contribution >= 4 is 5.71 Å². The molecule has 0 saturated carbocycles. The number of nitrogens with zero attached hydrogens (tertiary/aromatic N) is 1. The van der Waals surface area contributed by atoms with Crippen molar-refractivity contribution in [2.75, 3.05) is 0 Å². The standard InChI is InChI=1S/C14H19NO/c1-2-5-14(15-16)13-9-8-11-6-3-4-7-12(11)10-13/h8-10,16H,2-7H2,1H3. The number of benzene rings is 1. The van der Waals surface area contributed by atoms with Crippen molar-refractivity contribution in [3.63, 3.8) is 0 Å². The van der Waals surface area contributed by atoms with Gasteiger partial charge < -0.3 is 5.21 Å². The fourth-order valence-corrected chi connectivity index (χ4v) is 2.40. The molecule has 1 aromatic carbocycles. The zero-order valence-electron chi connectivity index (χ0n) is 9.87. The highest BCUT2D eigenvalue weighted by Gasteiger charge is 2.11. The molecular weight excluding hydrogens is 198 g/mol. The third-order valence-electron chi connectivity index (χ3n) is 3.29. The van der Waals surface area contributed by atoms with E-state index in [1.54, 1.807) is 0 Å². The minimum Gasteiger partial charge on any atom is -0.411 e. The lowest BCUT2D eigenvalue weighted by molar-refractivity contribution is 0.318. The molecule has 1 aromatic rings. The predicted octanol–water partition coefficient (Wildman–Crippen LogP) is 3.54. The Bertz CT molecular complexity index is 396. The van der Waals surface area contributed by atoms with Gasteiger partial charge in [-0.15, -0.1) is 0 Å². The van der Waals surface area contributed by atoms with Crippen molar-refractivity contribution in [3.8, 4) is 0 Å². The number of aryl methyl sites for hydroxylation is 2. The zero-order valence-corrected chi connectivity index (χ0v) is 9.87. The van der Waals surface area contributed by atoms with Gasteiger partial charge in [-0.05, 0) is 54.9 Å². The molecule has 0 bridgehead atoms. The third kappa shape index (κ3) is 2.26. The summed E-state index contributed by atoms with van der Waals surface area (Å²) in [6.07, 6.45) is 6.83. The topological polar surface area (TPSA) is 32.6 Å². The van der Waals surface area contributed by atoms with Gasteiger partial charge in [-0.25, -0.2) is 0 Å². The number of oxime groups is 1. The number of fused-ring (bicyclic) bond motifs is 1. The SMILES string of the molecule is CCCC(=NO)c1ccc2c(c1)CCCC2. The second-order valence-corrected chi connectivity index (χ2v) is 4.49. The van der Waals surface area contributed by atoms with Crippen LogP contribution in [0.1, 0.15) is 49.3 Å². The zero-order chi connectivity index (χ0) is 11.4. The number of hydrogen-bond donors (Lipinski definition) is 1. The number of rotatable bonds is 3. The van der Waals surface area contributed by atoms with Crippen LogP contribution in [0.15, 0.2) is 23.4 Å². The van der Waals surface area contributed by atoms with Crippen LogP contribution < -0.4 is 0 Å². The molecule has 0 spiro atoms. The normalized spacial score (nSPS) is 15.9. The van der Waals surface area contributed by atoms with Crippen LogP contribution in [0.5, 0.6) is 0 Å². The van der Waals surface area contributed by atoms with E-state index in [9.17, 15) is 0 Å². The first-order valence-corrected chi connectivity index (χ1v) is 6.18. The maximum Gasteiger partial charge on any atom is 0.0867 e. The van der Waals surface area contributed by atoms with Crippen LogP contribution in [0.2, 0.25) is 0 Å². The molecule has 0 radical (unpaired) electrons. The Morgan fingerprint density at radius 2 is 2.00 bits per heavy atom. The minimum absolute atomic E-state index is 0.816. The van der Waals surface area contributed by atoms with Gasteiger partial charge in [0.25, 0.3) is 0 Å². The summed E-state index contributed by atoms with van der Waals surface area (Å²) in [4.78, 5) is 0. The van der Waals surface area contributed by atoms with Gasteiger partial charge in [0, 0.05) is 0 Å². The maximum atomic E-state index is 9.00. The van der Waals surface area contributed by atoms with Crippen molar-refractivity contribution in [2.45, 2.75) is 45.4 Å². The molecule has 0 aromatic heterocycles. The quantitative estimate of drug-likeness (QED) is 0.469. The van der Waals surface area contributed by atoms with E-state index < -0.39 is 0 Å². The van der Waals surface area contributed by atoms with Gasteiger partial charge in [0.05, 0.1) is 5.71 Å². The summed E-state index contributed by atoms with van der Waals surface area (Å²) in [6, 6.07) is 6.50. The van der Waals surface area contributed by atoms with Crippen LogP contribution in [0.25, 0.3) is 0 Å². The van der Waals surface area contributed by atoms with Crippen LogP contribution in [-0.2, 0) is 12.8 Å². The van der Waals surface area contributed by atoms with E-state index in [1.165, 1.54) is 36.8 Å². The summed E-state index contributed by atoms with van der Waals surface area (Å²) in [5.74, 6) is 0. The van der Waals surface area contributed by atoms with E-state index in [0.29, 0.717) is 0 Å². The fraction of sp³-hybridized carbons (Fsp3) is 0.500. The van der Waals surface area contributed by atoms with Gasteiger partial charge in [-0.3, -0.25) is 0 Å². The average molecular weight is 217 g/mol. The summed E-state index contributed by atoms with van der Waals surface area (Å²) < 4.78 is 0. The molecule has 0 amide bonds. The summed E-state index contributed by atoms with van der Waals surface area (Å²) >= 11 is 0. The lowest BCUT2D eigenvalue weighted by atomic mass is 9.89. The van der Waals surface area contributed by atoms with Gasteiger partial charge in [0.15, 0.2) is 0 Å². The smallest absolute Gasteiger partial charge is 0.0867 e.